The predicted molar refractivity (Wildman–Crippen MR) is 98.8 cm³/mol. The van der Waals surface area contributed by atoms with Gasteiger partial charge in [-0.15, -0.1) is 0 Å². The first-order chi connectivity index (χ1) is 12.1. The Kier molecular flexibility index (Phi) is 5.17. The highest BCUT2D eigenvalue weighted by atomic mass is 16.2. The first-order valence-electron chi connectivity index (χ1n) is 8.75. The number of hydrogen-bond donors (Lipinski definition) is 0. The van der Waals surface area contributed by atoms with Crippen LogP contribution in [-0.2, 0) is 16.1 Å². The third-order valence-corrected chi connectivity index (χ3v) is 4.79. The average molecular weight is 336 g/mol. The van der Waals surface area contributed by atoms with E-state index in [0.717, 1.165) is 17.5 Å². The second kappa shape index (κ2) is 7.51. The SMILES string of the molecule is C[C@H](C(=O)N(C)Cc1ccc(-c2ccccc2)cc1)N1CCCC1=O. The van der Waals surface area contributed by atoms with Crippen LogP contribution in [0.4, 0.5) is 0 Å². The molecule has 0 bridgehead atoms. The van der Waals surface area contributed by atoms with Gasteiger partial charge < -0.3 is 9.80 Å². The van der Waals surface area contributed by atoms with E-state index in [0.29, 0.717) is 19.5 Å². The number of carbonyl (C=O) groups excluding carboxylic acids is 2. The molecular weight excluding hydrogens is 312 g/mol. The molecule has 1 aliphatic rings. The molecule has 130 valence electrons. The maximum absolute atomic E-state index is 12.6. The molecular formula is C21H24N2O2. The molecule has 0 radical (unpaired) electrons. The number of likely N-dealkylation sites (N-methyl/N-ethyl adjacent to an activating group) is 1. The highest BCUT2D eigenvalue weighted by Crippen LogP contribution is 2.20. The Morgan fingerprint density at radius 1 is 1.08 bits per heavy atom. The fourth-order valence-corrected chi connectivity index (χ4v) is 3.32. The van der Waals surface area contributed by atoms with E-state index in [1.807, 2.05) is 25.1 Å². The van der Waals surface area contributed by atoms with E-state index in [1.54, 1.807) is 16.8 Å². The summed E-state index contributed by atoms with van der Waals surface area (Å²) in [5.41, 5.74) is 3.42. The van der Waals surface area contributed by atoms with E-state index in [4.69, 9.17) is 0 Å². The van der Waals surface area contributed by atoms with Crippen molar-refractivity contribution >= 4 is 11.8 Å². The third kappa shape index (κ3) is 3.90. The number of benzene rings is 2. The second-order valence-electron chi connectivity index (χ2n) is 6.62. The number of rotatable bonds is 5. The van der Waals surface area contributed by atoms with E-state index in [-0.39, 0.29) is 17.9 Å². The summed E-state index contributed by atoms with van der Waals surface area (Å²) in [6.07, 6.45) is 1.41. The number of amides is 2. The highest BCUT2D eigenvalue weighted by molar-refractivity contribution is 5.88. The van der Waals surface area contributed by atoms with Crippen LogP contribution in [-0.4, -0.2) is 41.2 Å². The Morgan fingerprint density at radius 3 is 2.32 bits per heavy atom. The molecule has 0 aliphatic carbocycles. The van der Waals surface area contributed by atoms with Crippen LogP contribution in [0, 0.1) is 0 Å². The lowest BCUT2D eigenvalue weighted by Gasteiger charge is -2.28. The number of likely N-dealkylation sites (tertiary alicyclic amines) is 1. The summed E-state index contributed by atoms with van der Waals surface area (Å²) in [5.74, 6) is 0.0730. The van der Waals surface area contributed by atoms with E-state index >= 15 is 0 Å². The van der Waals surface area contributed by atoms with Gasteiger partial charge in [-0.2, -0.15) is 0 Å². The molecule has 3 rings (SSSR count). The molecule has 0 unspecified atom stereocenters. The molecule has 2 aromatic carbocycles. The maximum atomic E-state index is 12.6. The van der Waals surface area contributed by atoms with E-state index in [9.17, 15) is 9.59 Å². The monoisotopic (exact) mass is 336 g/mol. The quantitative estimate of drug-likeness (QED) is 0.840. The van der Waals surface area contributed by atoms with E-state index in [2.05, 4.69) is 36.4 Å². The van der Waals surface area contributed by atoms with Crippen LogP contribution in [0.3, 0.4) is 0 Å². The standard InChI is InChI=1S/C21H24N2O2/c1-16(23-14-6-9-20(23)24)21(25)22(2)15-17-10-12-19(13-11-17)18-7-4-3-5-8-18/h3-5,7-8,10-13,16H,6,9,14-15H2,1-2H3/t16-/m1/s1. The normalized spacial score (nSPS) is 15.3. The topological polar surface area (TPSA) is 40.6 Å². The second-order valence-corrected chi connectivity index (χ2v) is 6.62. The van der Waals surface area contributed by atoms with Crippen molar-refractivity contribution in [2.24, 2.45) is 0 Å². The Balaban J connectivity index is 1.63. The fraction of sp³-hybridized carbons (Fsp3) is 0.333. The number of hydrogen-bond acceptors (Lipinski definition) is 2. The summed E-state index contributed by atoms with van der Waals surface area (Å²) in [7, 11) is 1.80. The van der Waals surface area contributed by atoms with Gasteiger partial charge in [-0.3, -0.25) is 9.59 Å². The molecule has 4 heteroatoms. The molecule has 1 fully saturated rings. The minimum Gasteiger partial charge on any atom is -0.340 e. The Morgan fingerprint density at radius 2 is 1.72 bits per heavy atom. The minimum absolute atomic E-state index is 0.0117. The summed E-state index contributed by atoms with van der Waals surface area (Å²) < 4.78 is 0. The lowest BCUT2D eigenvalue weighted by molar-refractivity contribution is -0.142. The molecule has 2 amide bonds. The van der Waals surface area contributed by atoms with E-state index < -0.39 is 0 Å². The van der Waals surface area contributed by atoms with Crippen molar-refractivity contribution < 1.29 is 9.59 Å². The van der Waals surface area contributed by atoms with Crippen LogP contribution in [0.5, 0.6) is 0 Å². The predicted octanol–water partition coefficient (Wildman–Crippen LogP) is 3.32. The van der Waals surface area contributed by atoms with Crippen LogP contribution in [0.1, 0.15) is 25.3 Å². The van der Waals surface area contributed by atoms with Crippen molar-refractivity contribution in [1.29, 1.82) is 0 Å². The fourth-order valence-electron chi connectivity index (χ4n) is 3.32. The van der Waals surface area contributed by atoms with Gasteiger partial charge in [0, 0.05) is 26.6 Å². The molecule has 2 aromatic rings. The van der Waals surface area contributed by atoms with Crippen molar-refractivity contribution in [3.63, 3.8) is 0 Å². The van der Waals surface area contributed by atoms with Crippen molar-refractivity contribution in [2.45, 2.75) is 32.4 Å². The molecule has 0 saturated carbocycles. The van der Waals surface area contributed by atoms with Gasteiger partial charge in [-0.25, -0.2) is 0 Å². The number of carbonyl (C=O) groups is 2. The Bertz CT molecular complexity index is 740. The minimum atomic E-state index is -0.386. The first-order valence-corrected chi connectivity index (χ1v) is 8.75. The molecule has 25 heavy (non-hydrogen) atoms. The van der Waals surface area contributed by atoms with Crippen LogP contribution in [0.25, 0.3) is 11.1 Å². The highest BCUT2D eigenvalue weighted by Gasteiger charge is 2.30. The smallest absolute Gasteiger partial charge is 0.245 e. The summed E-state index contributed by atoms with van der Waals surface area (Å²) in [4.78, 5) is 27.8. The molecule has 4 nitrogen and oxygen atoms in total. The molecule has 0 aromatic heterocycles. The van der Waals surface area contributed by atoms with Crippen LogP contribution in [0.15, 0.2) is 54.6 Å². The molecule has 1 aliphatic heterocycles. The zero-order valence-electron chi connectivity index (χ0n) is 14.8. The van der Waals surface area contributed by atoms with Crippen molar-refractivity contribution in [2.75, 3.05) is 13.6 Å². The third-order valence-electron chi connectivity index (χ3n) is 4.79. The van der Waals surface area contributed by atoms with Gasteiger partial charge in [0.25, 0.3) is 0 Å². The van der Waals surface area contributed by atoms with Crippen molar-refractivity contribution in [3.8, 4) is 11.1 Å². The number of nitrogens with zero attached hydrogens (tertiary/aromatic N) is 2. The zero-order valence-corrected chi connectivity index (χ0v) is 14.8. The largest absolute Gasteiger partial charge is 0.340 e. The van der Waals surface area contributed by atoms with Crippen LogP contribution >= 0.6 is 0 Å². The van der Waals surface area contributed by atoms with Crippen LogP contribution in [0.2, 0.25) is 0 Å². The Labute approximate surface area is 149 Å². The zero-order chi connectivity index (χ0) is 17.8. The van der Waals surface area contributed by atoms with Gasteiger partial charge in [0.05, 0.1) is 0 Å². The molecule has 1 heterocycles. The molecule has 1 atom stereocenters. The first kappa shape index (κ1) is 17.2. The van der Waals surface area contributed by atoms with Crippen LogP contribution < -0.4 is 0 Å². The summed E-state index contributed by atoms with van der Waals surface area (Å²) in [6.45, 7) is 3.05. The summed E-state index contributed by atoms with van der Waals surface area (Å²) in [5, 5.41) is 0. The van der Waals surface area contributed by atoms with E-state index in [1.165, 1.54) is 5.56 Å². The molecule has 1 saturated heterocycles. The van der Waals surface area contributed by atoms with Gasteiger partial charge in [0.1, 0.15) is 6.04 Å². The summed E-state index contributed by atoms with van der Waals surface area (Å²) >= 11 is 0. The average Bonchev–Trinajstić information content (AvgIpc) is 3.07. The summed E-state index contributed by atoms with van der Waals surface area (Å²) in [6, 6.07) is 18.1. The molecule has 0 N–H and O–H groups in total. The van der Waals surface area contributed by atoms with Gasteiger partial charge >= 0.3 is 0 Å². The Hall–Kier alpha value is -2.62. The van der Waals surface area contributed by atoms with Gasteiger partial charge in [-0.05, 0) is 30.0 Å². The maximum Gasteiger partial charge on any atom is 0.245 e. The lowest BCUT2D eigenvalue weighted by atomic mass is 10.0. The van der Waals surface area contributed by atoms with Gasteiger partial charge in [0.2, 0.25) is 11.8 Å². The van der Waals surface area contributed by atoms with Gasteiger partial charge in [0.15, 0.2) is 0 Å². The van der Waals surface area contributed by atoms with Crippen molar-refractivity contribution in [1.82, 2.24) is 9.80 Å². The van der Waals surface area contributed by atoms with Crippen molar-refractivity contribution in [3.05, 3.63) is 60.2 Å². The molecule has 0 spiro atoms. The lowest BCUT2D eigenvalue weighted by Crippen LogP contribution is -2.46. The van der Waals surface area contributed by atoms with Gasteiger partial charge in [-0.1, -0.05) is 54.6 Å².